The molecular formula is C18H19N9O2S. The Hall–Kier alpha value is -3.67. The van der Waals surface area contributed by atoms with Gasteiger partial charge in [-0.25, -0.2) is 4.68 Å². The summed E-state index contributed by atoms with van der Waals surface area (Å²) in [6.45, 7) is 0.163. The lowest BCUT2D eigenvalue weighted by atomic mass is 10.00. The van der Waals surface area contributed by atoms with E-state index in [1.165, 1.54) is 15.1 Å². The fourth-order valence-corrected chi connectivity index (χ4v) is 5.30. The van der Waals surface area contributed by atoms with Gasteiger partial charge in [0.1, 0.15) is 5.82 Å². The zero-order valence-corrected chi connectivity index (χ0v) is 16.9. The Labute approximate surface area is 172 Å². The maximum Gasteiger partial charge on any atom is 0.283 e. The quantitative estimate of drug-likeness (QED) is 0.487. The molecule has 4 heterocycles. The number of rotatable bonds is 3. The maximum atomic E-state index is 13.4. The summed E-state index contributed by atoms with van der Waals surface area (Å²) in [6.07, 6.45) is 3.75. The number of anilines is 3. The Kier molecular flexibility index (Phi) is 3.93. The third kappa shape index (κ3) is 2.76. The van der Waals surface area contributed by atoms with Crippen molar-refractivity contribution in [2.75, 3.05) is 22.3 Å². The number of hydrogen-bond acceptors (Lipinski definition) is 8. The summed E-state index contributed by atoms with van der Waals surface area (Å²) in [4.78, 5) is 8.25. The SMILES string of the molecule is Cn1ccc(S(=O)(=O)N2CC(n3ncc4c(N)nc(N)nc43)Cc3ccccc32)n1. The van der Waals surface area contributed by atoms with E-state index in [2.05, 4.69) is 20.2 Å². The number of benzene rings is 1. The van der Waals surface area contributed by atoms with Crippen molar-refractivity contribution in [2.24, 2.45) is 7.05 Å². The summed E-state index contributed by atoms with van der Waals surface area (Å²) in [6, 6.07) is 8.57. The van der Waals surface area contributed by atoms with Crippen LogP contribution in [0.4, 0.5) is 17.5 Å². The number of aromatic nitrogens is 6. The average Bonchev–Trinajstić information content (AvgIpc) is 3.34. The lowest BCUT2D eigenvalue weighted by Gasteiger charge is -2.34. The molecule has 1 aromatic carbocycles. The van der Waals surface area contributed by atoms with Gasteiger partial charge in [0.2, 0.25) is 5.95 Å². The molecule has 0 bridgehead atoms. The zero-order valence-electron chi connectivity index (χ0n) is 16.0. The van der Waals surface area contributed by atoms with E-state index in [0.717, 1.165) is 5.56 Å². The number of nitrogen functional groups attached to an aromatic ring is 2. The minimum atomic E-state index is -3.87. The number of aryl methyl sites for hydroxylation is 1. The van der Waals surface area contributed by atoms with Crippen LogP contribution in [-0.4, -0.2) is 44.5 Å². The van der Waals surface area contributed by atoms with Crippen LogP contribution >= 0.6 is 0 Å². The molecule has 0 fully saturated rings. The molecule has 154 valence electrons. The van der Waals surface area contributed by atoms with Crippen molar-refractivity contribution in [1.82, 2.24) is 29.5 Å². The van der Waals surface area contributed by atoms with E-state index in [1.54, 1.807) is 30.2 Å². The molecule has 4 N–H and O–H groups in total. The normalized spacial score (nSPS) is 16.7. The Balaban J connectivity index is 1.64. The summed E-state index contributed by atoms with van der Waals surface area (Å²) in [5, 5.41) is 9.09. The van der Waals surface area contributed by atoms with Gasteiger partial charge in [-0.05, 0) is 24.1 Å². The molecule has 1 aliphatic rings. The third-order valence-electron chi connectivity index (χ3n) is 5.18. The van der Waals surface area contributed by atoms with Gasteiger partial charge in [-0.3, -0.25) is 8.99 Å². The Bertz CT molecular complexity index is 1380. The summed E-state index contributed by atoms with van der Waals surface area (Å²) in [7, 11) is -2.19. The van der Waals surface area contributed by atoms with Crippen LogP contribution in [0.1, 0.15) is 11.6 Å². The van der Waals surface area contributed by atoms with Gasteiger partial charge in [0.05, 0.1) is 29.9 Å². The number of para-hydroxylation sites is 1. The molecular weight excluding hydrogens is 406 g/mol. The lowest BCUT2D eigenvalue weighted by molar-refractivity contribution is 0.455. The van der Waals surface area contributed by atoms with Crippen LogP contribution in [0.25, 0.3) is 11.0 Å². The number of nitrogens with two attached hydrogens (primary N) is 2. The first-order valence-electron chi connectivity index (χ1n) is 9.21. The predicted molar refractivity (Wildman–Crippen MR) is 111 cm³/mol. The molecule has 11 nitrogen and oxygen atoms in total. The summed E-state index contributed by atoms with van der Waals surface area (Å²) < 4.78 is 31.3. The van der Waals surface area contributed by atoms with Crippen LogP contribution in [0.2, 0.25) is 0 Å². The molecule has 0 amide bonds. The van der Waals surface area contributed by atoms with Gasteiger partial charge in [-0.15, -0.1) is 0 Å². The van der Waals surface area contributed by atoms with Crippen LogP contribution in [0.15, 0.2) is 47.8 Å². The van der Waals surface area contributed by atoms with Crippen LogP contribution in [0.5, 0.6) is 0 Å². The van der Waals surface area contributed by atoms with Crippen molar-refractivity contribution in [3.05, 3.63) is 48.3 Å². The fraction of sp³-hybridized carbons (Fsp3) is 0.222. The highest BCUT2D eigenvalue weighted by Crippen LogP contribution is 2.36. The molecule has 1 aliphatic heterocycles. The molecule has 0 aliphatic carbocycles. The van der Waals surface area contributed by atoms with Crippen LogP contribution in [0, 0.1) is 0 Å². The molecule has 3 aromatic heterocycles. The maximum absolute atomic E-state index is 13.4. The molecule has 5 rings (SSSR count). The number of sulfonamides is 1. The second kappa shape index (κ2) is 6.42. The van der Waals surface area contributed by atoms with E-state index in [0.29, 0.717) is 23.1 Å². The predicted octanol–water partition coefficient (Wildman–Crippen LogP) is 0.717. The molecule has 30 heavy (non-hydrogen) atoms. The highest BCUT2D eigenvalue weighted by atomic mass is 32.2. The smallest absolute Gasteiger partial charge is 0.283 e. The monoisotopic (exact) mass is 425 g/mol. The van der Waals surface area contributed by atoms with Gasteiger partial charge in [-0.2, -0.15) is 28.6 Å². The first-order valence-corrected chi connectivity index (χ1v) is 10.6. The third-order valence-corrected chi connectivity index (χ3v) is 6.85. The first kappa shape index (κ1) is 18.4. The molecule has 12 heteroatoms. The largest absolute Gasteiger partial charge is 0.383 e. The average molecular weight is 425 g/mol. The second-order valence-corrected chi connectivity index (χ2v) is 8.95. The summed E-state index contributed by atoms with van der Waals surface area (Å²) in [5.41, 5.74) is 13.7. The highest BCUT2D eigenvalue weighted by Gasteiger charge is 2.36. The Morgan fingerprint density at radius 2 is 1.93 bits per heavy atom. The second-order valence-electron chi connectivity index (χ2n) is 7.14. The molecule has 0 saturated carbocycles. The van der Waals surface area contributed by atoms with Gasteiger partial charge < -0.3 is 11.5 Å². The van der Waals surface area contributed by atoms with E-state index < -0.39 is 10.0 Å². The van der Waals surface area contributed by atoms with E-state index in [1.807, 2.05) is 18.2 Å². The molecule has 0 saturated heterocycles. The summed E-state index contributed by atoms with van der Waals surface area (Å²) >= 11 is 0. The standard InChI is InChI=1S/C18H19N9O2S/c1-25-7-6-15(24-25)30(28,29)26-10-12(8-11-4-2-3-5-14(11)26)27-17-13(9-21-27)16(19)22-18(20)23-17/h2-7,9,12H,8,10H2,1H3,(H4,19,20,22,23). The van der Waals surface area contributed by atoms with E-state index >= 15 is 0 Å². The molecule has 1 unspecified atom stereocenters. The summed E-state index contributed by atoms with van der Waals surface area (Å²) in [5.74, 6) is 0.272. The fourth-order valence-electron chi connectivity index (χ4n) is 3.80. The van der Waals surface area contributed by atoms with Crippen LogP contribution in [0.3, 0.4) is 0 Å². The molecule has 0 spiro atoms. The van der Waals surface area contributed by atoms with Crippen molar-refractivity contribution in [2.45, 2.75) is 17.5 Å². The van der Waals surface area contributed by atoms with Crippen LogP contribution in [-0.2, 0) is 23.5 Å². The van der Waals surface area contributed by atoms with Crippen molar-refractivity contribution in [3.8, 4) is 0 Å². The number of hydrogen-bond donors (Lipinski definition) is 2. The minimum absolute atomic E-state index is 0.0124. The molecule has 1 atom stereocenters. The number of nitrogens with zero attached hydrogens (tertiary/aromatic N) is 7. The Morgan fingerprint density at radius 3 is 2.70 bits per heavy atom. The van der Waals surface area contributed by atoms with Crippen molar-refractivity contribution >= 4 is 38.5 Å². The minimum Gasteiger partial charge on any atom is -0.383 e. The lowest BCUT2D eigenvalue weighted by Crippen LogP contribution is -2.41. The van der Waals surface area contributed by atoms with Crippen molar-refractivity contribution < 1.29 is 8.42 Å². The Morgan fingerprint density at radius 1 is 1.13 bits per heavy atom. The zero-order chi connectivity index (χ0) is 21.0. The molecule has 4 aromatic rings. The van der Waals surface area contributed by atoms with Crippen LogP contribution < -0.4 is 15.8 Å². The van der Waals surface area contributed by atoms with Gasteiger partial charge in [0.25, 0.3) is 10.0 Å². The van der Waals surface area contributed by atoms with E-state index in [4.69, 9.17) is 11.5 Å². The molecule has 0 radical (unpaired) electrons. The van der Waals surface area contributed by atoms with E-state index in [9.17, 15) is 8.42 Å². The van der Waals surface area contributed by atoms with Gasteiger partial charge >= 0.3 is 0 Å². The highest BCUT2D eigenvalue weighted by molar-refractivity contribution is 7.92. The van der Waals surface area contributed by atoms with E-state index in [-0.39, 0.29) is 29.4 Å². The van der Waals surface area contributed by atoms with Crippen molar-refractivity contribution in [3.63, 3.8) is 0 Å². The van der Waals surface area contributed by atoms with Gasteiger partial charge in [0, 0.05) is 13.2 Å². The van der Waals surface area contributed by atoms with Crippen molar-refractivity contribution in [1.29, 1.82) is 0 Å². The van der Waals surface area contributed by atoms with Gasteiger partial charge in [0.15, 0.2) is 10.7 Å². The first-order chi connectivity index (χ1) is 14.3. The number of fused-ring (bicyclic) bond motifs is 2. The van der Waals surface area contributed by atoms with Gasteiger partial charge in [-0.1, -0.05) is 18.2 Å². The topological polar surface area (TPSA) is 151 Å².